The van der Waals surface area contributed by atoms with Crippen LogP contribution in [0.1, 0.15) is 46.0 Å². The molecule has 1 aliphatic rings. The first-order valence-corrected chi connectivity index (χ1v) is 4.34. The number of hydrogen-bond donors (Lipinski definition) is 1. The van der Waals surface area contributed by atoms with Crippen LogP contribution >= 0.6 is 0 Å². The van der Waals surface area contributed by atoms with Crippen LogP contribution in [0.5, 0.6) is 0 Å². The second-order valence-corrected chi connectivity index (χ2v) is 3.98. The summed E-state index contributed by atoms with van der Waals surface area (Å²) in [5, 5.41) is 9.08. The van der Waals surface area contributed by atoms with Crippen molar-refractivity contribution >= 4 is 0 Å². The highest BCUT2D eigenvalue weighted by Gasteiger charge is 2.37. The lowest BCUT2D eigenvalue weighted by molar-refractivity contribution is -0.0262. The molecule has 0 atom stereocenters. The summed E-state index contributed by atoms with van der Waals surface area (Å²) in [4.78, 5) is 0. The van der Waals surface area contributed by atoms with E-state index in [2.05, 4.69) is 13.8 Å². The second-order valence-electron chi connectivity index (χ2n) is 3.98. The summed E-state index contributed by atoms with van der Waals surface area (Å²) in [6, 6.07) is 0. The second kappa shape index (κ2) is 2.91. The van der Waals surface area contributed by atoms with E-state index in [9.17, 15) is 0 Å². The molecule has 60 valence electrons. The van der Waals surface area contributed by atoms with E-state index in [1.807, 2.05) is 0 Å². The van der Waals surface area contributed by atoms with Crippen LogP contribution in [0.2, 0.25) is 0 Å². The van der Waals surface area contributed by atoms with Crippen molar-refractivity contribution in [3.63, 3.8) is 0 Å². The number of unbranched alkanes of at least 4 members (excludes halogenated alkanes) is 1. The minimum Gasteiger partial charge on any atom is -0.393 e. The normalized spacial score (nSPS) is 39.3. The Kier molecular flexibility index (Phi) is 2.35. The third-order valence-electron chi connectivity index (χ3n) is 2.59. The van der Waals surface area contributed by atoms with E-state index in [-0.39, 0.29) is 6.10 Å². The number of aliphatic hydroxyl groups excluding tert-OH is 1. The average molecular weight is 142 g/mol. The van der Waals surface area contributed by atoms with Gasteiger partial charge in [-0.15, -0.1) is 0 Å². The van der Waals surface area contributed by atoms with Crippen LogP contribution in [0.3, 0.4) is 0 Å². The Morgan fingerprint density at radius 3 is 2.50 bits per heavy atom. The molecule has 0 unspecified atom stereocenters. The molecule has 0 aromatic heterocycles. The van der Waals surface area contributed by atoms with Crippen LogP contribution in [0, 0.1) is 5.41 Å². The first-order valence-electron chi connectivity index (χ1n) is 4.34. The molecule has 10 heavy (non-hydrogen) atoms. The van der Waals surface area contributed by atoms with E-state index in [1.165, 1.54) is 19.3 Å². The van der Waals surface area contributed by atoms with Crippen molar-refractivity contribution in [1.82, 2.24) is 0 Å². The van der Waals surface area contributed by atoms with Gasteiger partial charge in [0.15, 0.2) is 0 Å². The fourth-order valence-electron chi connectivity index (χ4n) is 1.89. The molecule has 1 fully saturated rings. The average Bonchev–Trinajstić information content (AvgIpc) is 1.81. The van der Waals surface area contributed by atoms with Crippen molar-refractivity contribution < 1.29 is 5.11 Å². The van der Waals surface area contributed by atoms with E-state index in [0.29, 0.717) is 5.41 Å². The number of aliphatic hydroxyl groups is 1. The maximum absolute atomic E-state index is 9.08. The Bertz CT molecular complexity index is 103. The molecule has 0 aromatic rings. The summed E-state index contributed by atoms with van der Waals surface area (Å²) in [7, 11) is 0. The van der Waals surface area contributed by atoms with Gasteiger partial charge in [0.1, 0.15) is 0 Å². The van der Waals surface area contributed by atoms with Gasteiger partial charge in [-0.05, 0) is 24.7 Å². The molecule has 1 aliphatic carbocycles. The van der Waals surface area contributed by atoms with Crippen molar-refractivity contribution in [2.24, 2.45) is 5.41 Å². The third kappa shape index (κ3) is 1.72. The molecule has 1 heteroatoms. The first kappa shape index (κ1) is 8.06. The maximum Gasteiger partial charge on any atom is 0.0550 e. The van der Waals surface area contributed by atoms with Crippen LogP contribution in [-0.4, -0.2) is 11.2 Å². The molecule has 1 nitrogen and oxygen atoms in total. The van der Waals surface area contributed by atoms with E-state index in [0.717, 1.165) is 12.8 Å². The van der Waals surface area contributed by atoms with Crippen LogP contribution in [0.4, 0.5) is 0 Å². The molecule has 0 aromatic carbocycles. The van der Waals surface area contributed by atoms with Gasteiger partial charge in [-0.2, -0.15) is 0 Å². The molecule has 0 radical (unpaired) electrons. The van der Waals surface area contributed by atoms with Gasteiger partial charge in [0.2, 0.25) is 0 Å². The Morgan fingerprint density at radius 1 is 1.50 bits per heavy atom. The highest BCUT2D eigenvalue weighted by atomic mass is 16.3. The molecule has 1 rings (SSSR count). The summed E-state index contributed by atoms with van der Waals surface area (Å²) in [5.74, 6) is 0. The van der Waals surface area contributed by atoms with Gasteiger partial charge in [-0.1, -0.05) is 26.7 Å². The Labute approximate surface area is 63.4 Å². The van der Waals surface area contributed by atoms with Gasteiger partial charge < -0.3 is 5.11 Å². The molecule has 1 N–H and O–H groups in total. The van der Waals surface area contributed by atoms with E-state index in [4.69, 9.17) is 5.11 Å². The van der Waals surface area contributed by atoms with Gasteiger partial charge >= 0.3 is 0 Å². The first-order chi connectivity index (χ1) is 4.66. The Morgan fingerprint density at radius 2 is 2.10 bits per heavy atom. The van der Waals surface area contributed by atoms with E-state index in [1.54, 1.807) is 0 Å². The van der Waals surface area contributed by atoms with Gasteiger partial charge in [0, 0.05) is 0 Å². The molecule has 0 spiro atoms. The predicted octanol–water partition coefficient (Wildman–Crippen LogP) is 2.34. The van der Waals surface area contributed by atoms with E-state index < -0.39 is 0 Å². The summed E-state index contributed by atoms with van der Waals surface area (Å²) in [5.41, 5.74) is 0.495. The zero-order chi connectivity index (χ0) is 7.61. The zero-order valence-electron chi connectivity index (χ0n) is 7.06. The zero-order valence-corrected chi connectivity index (χ0v) is 7.06. The lowest BCUT2D eigenvalue weighted by atomic mass is 9.66. The van der Waals surface area contributed by atoms with Gasteiger partial charge in [-0.3, -0.25) is 0 Å². The van der Waals surface area contributed by atoms with Crippen molar-refractivity contribution in [3.05, 3.63) is 0 Å². The summed E-state index contributed by atoms with van der Waals surface area (Å²) < 4.78 is 0. The van der Waals surface area contributed by atoms with Crippen LogP contribution in [0.25, 0.3) is 0 Å². The fourth-order valence-corrected chi connectivity index (χ4v) is 1.89. The number of rotatable bonds is 3. The largest absolute Gasteiger partial charge is 0.393 e. The minimum atomic E-state index is 0.0156. The molecule has 0 bridgehead atoms. The highest BCUT2D eigenvalue weighted by molar-refractivity contribution is 4.89. The van der Waals surface area contributed by atoms with Gasteiger partial charge in [0.05, 0.1) is 6.10 Å². The molecular weight excluding hydrogens is 124 g/mol. The summed E-state index contributed by atoms with van der Waals surface area (Å²) in [6.07, 6.45) is 6.00. The van der Waals surface area contributed by atoms with Gasteiger partial charge in [-0.25, -0.2) is 0 Å². The van der Waals surface area contributed by atoms with Crippen molar-refractivity contribution in [1.29, 1.82) is 0 Å². The summed E-state index contributed by atoms with van der Waals surface area (Å²) >= 11 is 0. The minimum absolute atomic E-state index is 0.0156. The lowest BCUT2D eigenvalue weighted by Gasteiger charge is -2.42. The van der Waals surface area contributed by atoms with Crippen molar-refractivity contribution in [2.45, 2.75) is 52.1 Å². The fraction of sp³-hybridized carbons (Fsp3) is 1.00. The molecule has 0 saturated heterocycles. The monoisotopic (exact) mass is 142 g/mol. The Hall–Kier alpha value is -0.0400. The third-order valence-corrected chi connectivity index (χ3v) is 2.59. The topological polar surface area (TPSA) is 20.2 Å². The Balaban J connectivity index is 2.15. The smallest absolute Gasteiger partial charge is 0.0550 e. The molecular formula is C9H18O. The van der Waals surface area contributed by atoms with Crippen molar-refractivity contribution in [2.75, 3.05) is 0 Å². The number of hydrogen-bond acceptors (Lipinski definition) is 1. The predicted molar refractivity (Wildman–Crippen MR) is 42.9 cm³/mol. The van der Waals surface area contributed by atoms with Crippen LogP contribution in [0.15, 0.2) is 0 Å². The van der Waals surface area contributed by atoms with Crippen molar-refractivity contribution in [3.8, 4) is 0 Å². The molecule has 0 amide bonds. The summed E-state index contributed by atoms with van der Waals surface area (Å²) in [6.45, 7) is 4.51. The highest BCUT2D eigenvalue weighted by Crippen LogP contribution is 2.44. The molecule has 0 aliphatic heterocycles. The SMILES string of the molecule is CCCCC1(C)CC(O)C1. The quantitative estimate of drug-likeness (QED) is 0.641. The van der Waals surface area contributed by atoms with Gasteiger partial charge in [0.25, 0.3) is 0 Å². The maximum atomic E-state index is 9.08. The lowest BCUT2D eigenvalue weighted by Crippen LogP contribution is -2.38. The molecule has 1 saturated carbocycles. The standard InChI is InChI=1S/C9H18O/c1-3-4-5-9(2)6-8(10)7-9/h8,10H,3-7H2,1-2H3. The van der Waals surface area contributed by atoms with Crippen LogP contribution in [-0.2, 0) is 0 Å². The van der Waals surface area contributed by atoms with Crippen LogP contribution < -0.4 is 0 Å². The molecule has 0 heterocycles. The van der Waals surface area contributed by atoms with E-state index >= 15 is 0 Å².